The Labute approximate surface area is 167 Å². The van der Waals surface area contributed by atoms with Crippen LogP contribution in [0.15, 0.2) is 30.3 Å². The van der Waals surface area contributed by atoms with Crippen LogP contribution in [0.2, 0.25) is 0 Å². The van der Waals surface area contributed by atoms with Gasteiger partial charge >= 0.3 is 0 Å². The van der Waals surface area contributed by atoms with Crippen molar-refractivity contribution in [3.63, 3.8) is 0 Å². The van der Waals surface area contributed by atoms with Crippen molar-refractivity contribution in [2.24, 2.45) is 17.8 Å². The van der Waals surface area contributed by atoms with E-state index < -0.39 is 0 Å². The molecular weight excluding hydrogens is 352 g/mol. The maximum absolute atomic E-state index is 12.1. The lowest BCUT2D eigenvalue weighted by molar-refractivity contribution is -0.129. The van der Waals surface area contributed by atoms with Crippen LogP contribution in [-0.4, -0.2) is 49.4 Å². The second-order valence-electron chi connectivity index (χ2n) is 8.65. The second kappa shape index (κ2) is 8.95. The molecular formula is C22H32N4O2. The van der Waals surface area contributed by atoms with Crippen LogP contribution in [0.3, 0.4) is 0 Å². The zero-order valence-electron chi connectivity index (χ0n) is 16.6. The fourth-order valence-corrected chi connectivity index (χ4v) is 5.25. The Bertz CT molecular complexity index is 672. The van der Waals surface area contributed by atoms with Gasteiger partial charge < -0.3 is 4.90 Å². The Morgan fingerprint density at radius 2 is 1.68 bits per heavy atom. The molecule has 3 aliphatic rings. The van der Waals surface area contributed by atoms with Crippen molar-refractivity contribution >= 4 is 17.5 Å². The fraction of sp³-hybridized carbons (Fsp3) is 0.636. The summed E-state index contributed by atoms with van der Waals surface area (Å²) in [7, 11) is 0. The summed E-state index contributed by atoms with van der Waals surface area (Å²) in [4.78, 5) is 28.9. The molecule has 2 amide bonds. The van der Waals surface area contributed by atoms with Gasteiger partial charge in [0, 0.05) is 51.3 Å². The summed E-state index contributed by atoms with van der Waals surface area (Å²) >= 11 is 0. The highest BCUT2D eigenvalue weighted by Crippen LogP contribution is 2.49. The minimum atomic E-state index is -0.105. The van der Waals surface area contributed by atoms with Crippen LogP contribution in [0.5, 0.6) is 0 Å². The lowest BCUT2D eigenvalue weighted by Gasteiger charge is -2.36. The normalized spacial score (nSPS) is 27.0. The molecule has 4 rings (SSSR count). The third kappa shape index (κ3) is 4.85. The number of amides is 2. The third-order valence-electron chi connectivity index (χ3n) is 6.82. The molecule has 1 aromatic carbocycles. The number of hydrazine groups is 1. The molecule has 3 atom stereocenters. The molecule has 3 fully saturated rings. The molecule has 0 spiro atoms. The van der Waals surface area contributed by atoms with Crippen LogP contribution in [0.1, 0.15) is 38.5 Å². The van der Waals surface area contributed by atoms with Gasteiger partial charge in [-0.3, -0.25) is 25.3 Å². The molecule has 1 aliphatic heterocycles. The van der Waals surface area contributed by atoms with Gasteiger partial charge in [0.25, 0.3) is 0 Å². The van der Waals surface area contributed by atoms with E-state index in [1.54, 1.807) is 0 Å². The summed E-state index contributed by atoms with van der Waals surface area (Å²) in [5, 5.41) is 0. The largest absolute Gasteiger partial charge is 0.369 e. The highest BCUT2D eigenvalue weighted by molar-refractivity contribution is 5.82. The van der Waals surface area contributed by atoms with E-state index in [-0.39, 0.29) is 11.8 Å². The lowest BCUT2D eigenvalue weighted by atomic mass is 9.86. The van der Waals surface area contributed by atoms with E-state index in [2.05, 4.69) is 44.9 Å². The van der Waals surface area contributed by atoms with Gasteiger partial charge in [-0.05, 0) is 49.1 Å². The summed E-state index contributed by atoms with van der Waals surface area (Å²) in [6, 6.07) is 10.5. The van der Waals surface area contributed by atoms with Gasteiger partial charge in [-0.2, -0.15) is 0 Å². The lowest BCUT2D eigenvalue weighted by Crippen LogP contribution is -2.48. The van der Waals surface area contributed by atoms with Crippen molar-refractivity contribution in [2.75, 3.05) is 37.6 Å². The standard InChI is InChI=1S/C22H32N4O2/c27-21(23-24-22(28)16-19-15-17-6-7-18(19)14-17)8-9-25-10-12-26(13-11-25)20-4-2-1-3-5-20/h1-5,17-19H,6-16H2,(H,23,27)(H,24,28)/t17-,18-,19+/m1/s1. The maximum Gasteiger partial charge on any atom is 0.239 e. The molecule has 2 N–H and O–H groups in total. The number of hydrogen-bond donors (Lipinski definition) is 2. The SMILES string of the molecule is O=C(CCN1CCN(c2ccccc2)CC1)NNC(=O)C[C@@H]1C[C@@H]2CC[C@@H]1C2. The fourth-order valence-electron chi connectivity index (χ4n) is 5.25. The smallest absolute Gasteiger partial charge is 0.239 e. The first kappa shape index (κ1) is 19.2. The molecule has 2 aliphatic carbocycles. The van der Waals surface area contributed by atoms with Gasteiger partial charge in [-0.15, -0.1) is 0 Å². The Balaban J connectivity index is 1.09. The number of nitrogens with one attached hydrogen (secondary N) is 2. The van der Waals surface area contributed by atoms with E-state index in [0.717, 1.165) is 44.6 Å². The minimum Gasteiger partial charge on any atom is -0.369 e. The predicted molar refractivity (Wildman–Crippen MR) is 110 cm³/mol. The molecule has 6 heteroatoms. The molecule has 0 aromatic heterocycles. The molecule has 1 saturated heterocycles. The van der Waals surface area contributed by atoms with Crippen molar-refractivity contribution < 1.29 is 9.59 Å². The van der Waals surface area contributed by atoms with E-state index >= 15 is 0 Å². The van der Waals surface area contributed by atoms with Gasteiger partial charge in [0.15, 0.2) is 0 Å². The van der Waals surface area contributed by atoms with Gasteiger partial charge in [0.1, 0.15) is 0 Å². The van der Waals surface area contributed by atoms with Crippen LogP contribution in [0, 0.1) is 17.8 Å². The third-order valence-corrected chi connectivity index (χ3v) is 6.82. The zero-order valence-corrected chi connectivity index (χ0v) is 16.6. The first-order chi connectivity index (χ1) is 13.7. The molecule has 1 aromatic rings. The first-order valence-corrected chi connectivity index (χ1v) is 10.8. The number of nitrogens with zero attached hydrogens (tertiary/aromatic N) is 2. The number of carbonyl (C=O) groups is 2. The summed E-state index contributed by atoms with van der Waals surface area (Å²) in [5.41, 5.74) is 6.48. The number of benzene rings is 1. The zero-order chi connectivity index (χ0) is 19.3. The van der Waals surface area contributed by atoms with Gasteiger partial charge in [0.2, 0.25) is 11.8 Å². The van der Waals surface area contributed by atoms with Crippen molar-refractivity contribution in [3.8, 4) is 0 Å². The Morgan fingerprint density at radius 3 is 2.36 bits per heavy atom. The number of anilines is 1. The van der Waals surface area contributed by atoms with E-state index in [4.69, 9.17) is 0 Å². The molecule has 1 heterocycles. The topological polar surface area (TPSA) is 64.7 Å². The molecule has 152 valence electrons. The average molecular weight is 385 g/mol. The first-order valence-electron chi connectivity index (χ1n) is 10.8. The van der Waals surface area contributed by atoms with E-state index in [1.807, 2.05) is 6.07 Å². The van der Waals surface area contributed by atoms with E-state index in [9.17, 15) is 9.59 Å². The van der Waals surface area contributed by atoms with E-state index in [1.165, 1.54) is 31.4 Å². The summed E-state index contributed by atoms with van der Waals surface area (Å²) in [5.74, 6) is 1.96. The van der Waals surface area contributed by atoms with Gasteiger partial charge in [-0.1, -0.05) is 24.6 Å². The minimum absolute atomic E-state index is 0.0395. The highest BCUT2D eigenvalue weighted by Gasteiger charge is 2.40. The van der Waals surface area contributed by atoms with Crippen LogP contribution < -0.4 is 15.8 Å². The van der Waals surface area contributed by atoms with Crippen molar-refractivity contribution in [3.05, 3.63) is 30.3 Å². The number of rotatable bonds is 6. The Hall–Kier alpha value is -2.08. The Morgan fingerprint density at radius 1 is 0.929 bits per heavy atom. The van der Waals surface area contributed by atoms with Crippen molar-refractivity contribution in [2.45, 2.75) is 38.5 Å². The summed E-state index contributed by atoms with van der Waals surface area (Å²) in [6.45, 7) is 4.60. The molecule has 2 bridgehead atoms. The number of carbonyl (C=O) groups excluding carboxylic acids is 2. The number of hydrogen-bond acceptors (Lipinski definition) is 4. The van der Waals surface area contributed by atoms with Crippen molar-refractivity contribution in [1.82, 2.24) is 15.8 Å². The predicted octanol–water partition coefficient (Wildman–Crippen LogP) is 2.17. The van der Waals surface area contributed by atoms with Crippen LogP contribution >= 0.6 is 0 Å². The molecule has 28 heavy (non-hydrogen) atoms. The van der Waals surface area contributed by atoms with Crippen molar-refractivity contribution in [1.29, 1.82) is 0 Å². The van der Waals surface area contributed by atoms with Crippen LogP contribution in [0.25, 0.3) is 0 Å². The van der Waals surface area contributed by atoms with E-state index in [0.29, 0.717) is 18.8 Å². The van der Waals surface area contributed by atoms with Crippen LogP contribution in [-0.2, 0) is 9.59 Å². The summed E-state index contributed by atoms with van der Waals surface area (Å²) in [6.07, 6.45) is 6.11. The van der Waals surface area contributed by atoms with Crippen LogP contribution in [0.4, 0.5) is 5.69 Å². The molecule has 0 unspecified atom stereocenters. The maximum atomic E-state index is 12.1. The van der Waals surface area contributed by atoms with Gasteiger partial charge in [-0.25, -0.2) is 0 Å². The van der Waals surface area contributed by atoms with Gasteiger partial charge in [0.05, 0.1) is 0 Å². The highest BCUT2D eigenvalue weighted by atomic mass is 16.2. The monoisotopic (exact) mass is 384 g/mol. The number of fused-ring (bicyclic) bond motifs is 2. The Kier molecular flexibility index (Phi) is 6.15. The molecule has 0 radical (unpaired) electrons. The average Bonchev–Trinajstić information content (AvgIpc) is 3.35. The molecule has 2 saturated carbocycles. The quantitative estimate of drug-likeness (QED) is 0.738. The second-order valence-corrected chi connectivity index (χ2v) is 8.65. The number of para-hydroxylation sites is 1. The molecule has 6 nitrogen and oxygen atoms in total. The number of piperazine rings is 1. The summed E-state index contributed by atoms with van der Waals surface area (Å²) < 4.78 is 0.